The number of aromatic nitrogens is 6. The Labute approximate surface area is 336 Å². The van der Waals surface area contributed by atoms with Crippen LogP contribution in [0.2, 0.25) is 0 Å². The summed E-state index contributed by atoms with van der Waals surface area (Å²) in [4.78, 5) is 41.0. The lowest BCUT2D eigenvalue weighted by molar-refractivity contribution is -0.0413. The molecule has 4 unspecified atom stereocenters. The molecule has 0 aromatic carbocycles. The number of amides is 1. The molecular weight excluding hydrogens is 721 g/mol. The monoisotopic (exact) mass is 778 g/mol. The predicted molar refractivity (Wildman–Crippen MR) is 219 cm³/mol. The molecule has 3 N–H and O–H groups in total. The van der Waals surface area contributed by atoms with Crippen molar-refractivity contribution in [3.8, 4) is 11.8 Å². The van der Waals surface area contributed by atoms with Crippen LogP contribution in [0.4, 0.5) is 27.8 Å². The van der Waals surface area contributed by atoms with E-state index >= 15 is 0 Å². The fourth-order valence-corrected chi connectivity index (χ4v) is 8.51. The molecule has 4 aliphatic rings. The second-order valence-electron chi connectivity index (χ2n) is 16.9. The molecule has 0 aliphatic carbocycles. The molecule has 4 atom stereocenters. The summed E-state index contributed by atoms with van der Waals surface area (Å²) in [7, 11) is 0. The van der Waals surface area contributed by atoms with Crippen LogP contribution in [-0.2, 0) is 4.74 Å². The summed E-state index contributed by atoms with van der Waals surface area (Å²) in [6.07, 6.45) is 17.3. The van der Waals surface area contributed by atoms with Crippen molar-refractivity contribution in [1.29, 1.82) is 0 Å². The number of ether oxygens (including phenoxy) is 3. The van der Waals surface area contributed by atoms with E-state index in [4.69, 9.17) is 14.2 Å². The lowest BCUT2D eigenvalue weighted by Crippen LogP contribution is -2.57. The van der Waals surface area contributed by atoms with Gasteiger partial charge in [-0.15, -0.1) is 0 Å². The molecular formula is C43H58N10O4. The summed E-state index contributed by atoms with van der Waals surface area (Å²) in [6, 6.07) is 9.24. The molecule has 8 rings (SSSR count). The fourth-order valence-electron chi connectivity index (χ4n) is 8.51. The molecule has 4 bridgehead atoms. The van der Waals surface area contributed by atoms with Crippen LogP contribution in [0, 0.1) is 27.7 Å². The Kier molecular flexibility index (Phi) is 12.4. The Morgan fingerprint density at radius 3 is 1.63 bits per heavy atom. The molecule has 4 aromatic heterocycles. The van der Waals surface area contributed by atoms with Crippen molar-refractivity contribution >= 4 is 29.1 Å². The summed E-state index contributed by atoms with van der Waals surface area (Å²) in [5.41, 5.74) is 4.99. The van der Waals surface area contributed by atoms with E-state index in [1.807, 2.05) is 77.6 Å². The molecule has 14 nitrogen and oxygen atoms in total. The number of hydrogen-bond acceptors (Lipinski definition) is 13. The van der Waals surface area contributed by atoms with Gasteiger partial charge in [-0.3, -0.25) is 9.97 Å². The predicted octanol–water partition coefficient (Wildman–Crippen LogP) is 8.22. The van der Waals surface area contributed by atoms with Gasteiger partial charge in [0.15, 0.2) is 0 Å². The molecule has 1 amide bonds. The van der Waals surface area contributed by atoms with Crippen molar-refractivity contribution in [3.05, 3.63) is 71.8 Å². The largest absolute Gasteiger partial charge is 0.474 e. The highest BCUT2D eigenvalue weighted by Gasteiger charge is 2.43. The number of carbonyl (C=O) groups is 1. The summed E-state index contributed by atoms with van der Waals surface area (Å²) in [5, 5.41) is 10.4. The summed E-state index contributed by atoms with van der Waals surface area (Å²) in [6.45, 7) is 13.6. The number of rotatable bonds is 8. The molecule has 4 aliphatic heterocycles. The number of fused-ring (bicyclic) bond motifs is 4. The van der Waals surface area contributed by atoms with Crippen LogP contribution in [0.3, 0.4) is 0 Å². The maximum Gasteiger partial charge on any atom is 0.410 e. The third kappa shape index (κ3) is 10.1. The SMILES string of the molecule is Cc1ncccc1Nc1ncnc(OC2CC3CCCC(C2)N3)c1C.Cc1ncccc1Nc1ncnc(OC2CC3CCCC(C2)N3C(=O)OC(C)(C)C)c1C. The average molecular weight is 779 g/mol. The second-order valence-corrected chi connectivity index (χ2v) is 16.9. The number of pyridine rings is 2. The van der Waals surface area contributed by atoms with E-state index in [0.717, 1.165) is 84.7 Å². The average Bonchev–Trinajstić information content (AvgIpc) is 3.16. The minimum absolute atomic E-state index is 0.00515. The van der Waals surface area contributed by atoms with Gasteiger partial charge < -0.3 is 35.1 Å². The number of hydrogen-bond donors (Lipinski definition) is 3. The first-order valence-corrected chi connectivity index (χ1v) is 20.5. The van der Waals surface area contributed by atoms with Crippen LogP contribution in [0.25, 0.3) is 0 Å². The Morgan fingerprint density at radius 2 is 1.16 bits per heavy atom. The van der Waals surface area contributed by atoms with E-state index in [9.17, 15) is 4.79 Å². The van der Waals surface area contributed by atoms with Crippen molar-refractivity contribution < 1.29 is 19.0 Å². The quantitative estimate of drug-likeness (QED) is 0.157. The van der Waals surface area contributed by atoms with E-state index in [2.05, 4.69) is 45.9 Å². The fraction of sp³-hybridized carbons (Fsp3) is 0.558. The van der Waals surface area contributed by atoms with E-state index in [0.29, 0.717) is 29.7 Å². The maximum atomic E-state index is 12.8. The highest BCUT2D eigenvalue weighted by atomic mass is 16.6. The number of nitrogens with zero attached hydrogens (tertiary/aromatic N) is 7. The molecule has 8 heterocycles. The standard InChI is InChI=1S/C24H33N5O3.C19H25N5O/c1-15-21(28-20-10-7-11-25-16(20)2)26-14-27-22(15)31-19-12-17-8-6-9-18(13-19)29(17)23(30)32-24(3,4)5;1-12-18(24-17-7-4-8-20-13(17)2)21-11-22-19(12)25-16-9-14-5-3-6-15(10-16)23-14/h7,10-11,14,17-19H,6,8-9,12-13H2,1-5H3,(H,26,27,28);4,7-8,11,14-16,23H,3,5-6,9-10H2,1-2H3,(H,21,22,24). The van der Waals surface area contributed by atoms with Crippen molar-refractivity contribution in [2.75, 3.05) is 10.6 Å². The Morgan fingerprint density at radius 1 is 0.684 bits per heavy atom. The van der Waals surface area contributed by atoms with E-state index in [-0.39, 0.29) is 30.4 Å². The van der Waals surface area contributed by atoms with Crippen LogP contribution in [-0.4, -0.2) is 82.9 Å². The third-order valence-corrected chi connectivity index (χ3v) is 11.4. The zero-order valence-electron chi connectivity index (χ0n) is 34.4. The van der Waals surface area contributed by atoms with Crippen molar-refractivity contribution in [1.82, 2.24) is 40.1 Å². The van der Waals surface area contributed by atoms with Crippen molar-refractivity contribution in [2.45, 2.75) is 155 Å². The third-order valence-electron chi connectivity index (χ3n) is 11.4. The van der Waals surface area contributed by atoms with Gasteiger partial charge in [0.25, 0.3) is 0 Å². The number of anilines is 4. The Balaban J connectivity index is 0.000000179. The first-order chi connectivity index (χ1) is 27.4. The Hall–Kier alpha value is -5.11. The molecule has 14 heteroatoms. The van der Waals surface area contributed by atoms with E-state index in [1.54, 1.807) is 18.7 Å². The smallest absolute Gasteiger partial charge is 0.410 e. The van der Waals surface area contributed by atoms with Crippen molar-refractivity contribution in [2.24, 2.45) is 0 Å². The zero-order chi connectivity index (χ0) is 40.1. The van der Waals surface area contributed by atoms with Crippen LogP contribution in [0.15, 0.2) is 49.3 Å². The zero-order valence-corrected chi connectivity index (χ0v) is 34.4. The summed E-state index contributed by atoms with van der Waals surface area (Å²) in [5.74, 6) is 2.74. The van der Waals surface area contributed by atoms with Crippen LogP contribution in [0.1, 0.15) is 107 Å². The summed E-state index contributed by atoms with van der Waals surface area (Å²) < 4.78 is 18.3. The van der Waals surface area contributed by atoms with Gasteiger partial charge in [0, 0.05) is 49.4 Å². The van der Waals surface area contributed by atoms with E-state index < -0.39 is 5.60 Å². The number of nitrogens with one attached hydrogen (secondary N) is 3. The lowest BCUT2D eigenvalue weighted by atomic mass is 9.83. The molecule has 4 saturated heterocycles. The minimum Gasteiger partial charge on any atom is -0.474 e. The molecule has 4 aromatic rings. The van der Waals surface area contributed by atoms with Crippen LogP contribution in [0.5, 0.6) is 11.8 Å². The van der Waals surface area contributed by atoms with Crippen LogP contribution >= 0.6 is 0 Å². The van der Waals surface area contributed by atoms with Gasteiger partial charge in [-0.05, 0) is 118 Å². The number of piperidine rings is 4. The van der Waals surface area contributed by atoms with Gasteiger partial charge in [0.1, 0.15) is 42.1 Å². The van der Waals surface area contributed by atoms with Gasteiger partial charge in [0.2, 0.25) is 11.8 Å². The normalized spacial score (nSPS) is 24.0. The van der Waals surface area contributed by atoms with Gasteiger partial charge in [-0.1, -0.05) is 6.42 Å². The van der Waals surface area contributed by atoms with E-state index in [1.165, 1.54) is 25.6 Å². The van der Waals surface area contributed by atoms with Gasteiger partial charge in [-0.2, -0.15) is 0 Å². The highest BCUT2D eigenvalue weighted by Crippen LogP contribution is 2.38. The van der Waals surface area contributed by atoms with Gasteiger partial charge in [-0.25, -0.2) is 24.7 Å². The lowest BCUT2D eigenvalue weighted by Gasteiger charge is -2.48. The minimum atomic E-state index is -0.493. The Bertz CT molecular complexity index is 1980. The van der Waals surface area contributed by atoms with Gasteiger partial charge in [0.05, 0.1) is 33.9 Å². The molecule has 0 saturated carbocycles. The molecule has 0 spiro atoms. The first-order valence-electron chi connectivity index (χ1n) is 20.5. The van der Waals surface area contributed by atoms with Crippen molar-refractivity contribution in [3.63, 3.8) is 0 Å². The second kappa shape index (κ2) is 17.6. The molecule has 57 heavy (non-hydrogen) atoms. The highest BCUT2D eigenvalue weighted by molar-refractivity contribution is 5.69. The number of aryl methyl sites for hydroxylation is 2. The van der Waals surface area contributed by atoms with Crippen LogP contribution < -0.4 is 25.4 Å². The maximum absolute atomic E-state index is 12.8. The first kappa shape index (κ1) is 40.1. The number of carbonyl (C=O) groups excluding carboxylic acids is 1. The summed E-state index contributed by atoms with van der Waals surface area (Å²) >= 11 is 0. The molecule has 304 valence electrons. The molecule has 0 radical (unpaired) electrons. The topological polar surface area (TPSA) is 161 Å². The van der Waals surface area contributed by atoms with Gasteiger partial charge >= 0.3 is 6.09 Å². The molecule has 4 fully saturated rings.